The fourth-order valence-electron chi connectivity index (χ4n) is 1.68. The van der Waals surface area contributed by atoms with E-state index in [2.05, 4.69) is 12.0 Å². The van der Waals surface area contributed by atoms with E-state index >= 15 is 0 Å². The van der Waals surface area contributed by atoms with Crippen molar-refractivity contribution in [1.29, 1.82) is 0 Å². The third-order valence-electron chi connectivity index (χ3n) is 3.00. The van der Waals surface area contributed by atoms with Crippen LogP contribution in [0.15, 0.2) is 6.07 Å². The molecule has 0 aliphatic carbocycles. The molecule has 1 heterocycles. The Balaban J connectivity index is 2.47. The molecule has 0 saturated heterocycles. The summed E-state index contributed by atoms with van der Waals surface area (Å²) in [5, 5.41) is 4.33. The van der Waals surface area contributed by atoms with Gasteiger partial charge in [0.25, 0.3) is 0 Å². The summed E-state index contributed by atoms with van der Waals surface area (Å²) in [6.45, 7) is 4.04. The zero-order chi connectivity index (χ0) is 12.8. The highest BCUT2D eigenvalue weighted by Crippen LogP contribution is 2.08. The molecule has 96 valence electrons. The van der Waals surface area contributed by atoms with Gasteiger partial charge in [0, 0.05) is 32.7 Å². The number of Topliss-reactive ketones (excluding diaryl/α,β-unsaturated/α-hetero) is 1. The predicted octanol–water partition coefficient (Wildman–Crippen LogP) is 1.91. The summed E-state index contributed by atoms with van der Waals surface area (Å²) in [5.41, 5.74) is 2.04. The van der Waals surface area contributed by atoms with Crippen LogP contribution in [0.5, 0.6) is 0 Å². The molecular weight excluding hydrogens is 216 g/mol. The Morgan fingerprint density at radius 3 is 2.82 bits per heavy atom. The number of hydrogen-bond acceptors (Lipinski definition) is 3. The first-order valence-electron chi connectivity index (χ1n) is 6.13. The van der Waals surface area contributed by atoms with E-state index in [1.54, 1.807) is 11.8 Å². The van der Waals surface area contributed by atoms with Crippen molar-refractivity contribution >= 4 is 5.78 Å². The lowest BCUT2D eigenvalue weighted by atomic mass is 10.1. The second kappa shape index (κ2) is 6.55. The molecule has 0 spiro atoms. The van der Waals surface area contributed by atoms with Gasteiger partial charge in [-0.25, -0.2) is 0 Å². The van der Waals surface area contributed by atoms with E-state index in [-0.39, 0.29) is 11.9 Å². The zero-order valence-electron chi connectivity index (χ0n) is 11.2. The van der Waals surface area contributed by atoms with Crippen molar-refractivity contribution in [2.24, 2.45) is 7.05 Å². The van der Waals surface area contributed by atoms with E-state index in [9.17, 15) is 4.79 Å². The lowest BCUT2D eigenvalue weighted by molar-refractivity contribution is -0.119. The molecule has 1 aromatic rings. The monoisotopic (exact) mass is 238 g/mol. The maximum absolute atomic E-state index is 11.8. The minimum atomic E-state index is 0.150. The maximum Gasteiger partial charge on any atom is 0.138 e. The highest BCUT2D eigenvalue weighted by molar-refractivity contribution is 5.80. The second-order valence-electron chi connectivity index (χ2n) is 4.40. The van der Waals surface area contributed by atoms with Gasteiger partial charge < -0.3 is 4.74 Å². The summed E-state index contributed by atoms with van der Waals surface area (Å²) in [4.78, 5) is 11.8. The average Bonchev–Trinajstić information content (AvgIpc) is 2.67. The first-order chi connectivity index (χ1) is 8.06. The number of ether oxygens (including phenoxy) is 1. The first-order valence-corrected chi connectivity index (χ1v) is 6.13. The van der Waals surface area contributed by atoms with Gasteiger partial charge in [-0.2, -0.15) is 5.10 Å². The molecule has 1 atom stereocenters. The normalized spacial score (nSPS) is 12.7. The van der Waals surface area contributed by atoms with Crippen molar-refractivity contribution in [3.63, 3.8) is 0 Å². The van der Waals surface area contributed by atoms with Crippen LogP contribution in [0.2, 0.25) is 0 Å². The van der Waals surface area contributed by atoms with Gasteiger partial charge in [0.15, 0.2) is 0 Å². The number of carbonyl (C=O) groups is 1. The van der Waals surface area contributed by atoms with Gasteiger partial charge in [0.2, 0.25) is 0 Å². The highest BCUT2D eigenvalue weighted by Gasteiger charge is 2.10. The SMILES string of the molecule is CCc1cc(CC(=O)CCC(C)OC)n(C)n1. The van der Waals surface area contributed by atoms with Gasteiger partial charge in [-0.3, -0.25) is 9.48 Å². The summed E-state index contributed by atoms with van der Waals surface area (Å²) >= 11 is 0. The number of carbonyl (C=O) groups excluding carboxylic acids is 1. The Bertz CT molecular complexity index is 371. The van der Waals surface area contributed by atoms with Crippen LogP contribution in [0.3, 0.4) is 0 Å². The highest BCUT2D eigenvalue weighted by atomic mass is 16.5. The third-order valence-corrected chi connectivity index (χ3v) is 3.00. The van der Waals surface area contributed by atoms with E-state index in [4.69, 9.17) is 4.74 Å². The van der Waals surface area contributed by atoms with E-state index in [1.807, 2.05) is 20.0 Å². The predicted molar refractivity (Wildman–Crippen MR) is 67.0 cm³/mol. The molecule has 1 rings (SSSR count). The Morgan fingerprint density at radius 1 is 1.59 bits per heavy atom. The smallest absolute Gasteiger partial charge is 0.138 e. The van der Waals surface area contributed by atoms with Crippen molar-refractivity contribution in [3.8, 4) is 0 Å². The largest absolute Gasteiger partial charge is 0.382 e. The number of rotatable bonds is 7. The Kier molecular flexibility index (Phi) is 5.35. The molecule has 0 amide bonds. The van der Waals surface area contributed by atoms with Crippen LogP contribution < -0.4 is 0 Å². The van der Waals surface area contributed by atoms with Gasteiger partial charge in [-0.1, -0.05) is 6.92 Å². The number of hydrogen-bond donors (Lipinski definition) is 0. The maximum atomic E-state index is 11.8. The molecule has 1 aromatic heterocycles. The summed E-state index contributed by atoms with van der Waals surface area (Å²) in [6.07, 6.45) is 2.88. The molecule has 1 unspecified atom stereocenters. The lowest BCUT2D eigenvalue weighted by Gasteiger charge is -2.08. The molecule has 4 nitrogen and oxygen atoms in total. The van der Waals surface area contributed by atoms with Gasteiger partial charge in [-0.05, 0) is 25.8 Å². The van der Waals surface area contributed by atoms with Crippen molar-refractivity contribution in [2.75, 3.05) is 7.11 Å². The standard InChI is InChI=1S/C13H22N2O2/c1-5-11-8-12(15(3)14-11)9-13(16)7-6-10(2)17-4/h8,10H,5-7,9H2,1-4H3. The fraction of sp³-hybridized carbons (Fsp3) is 0.692. The summed E-state index contributed by atoms with van der Waals surface area (Å²) in [5.74, 6) is 0.250. The van der Waals surface area contributed by atoms with Crippen LogP contribution in [0.25, 0.3) is 0 Å². The number of methoxy groups -OCH3 is 1. The van der Waals surface area contributed by atoms with Gasteiger partial charge in [0.1, 0.15) is 5.78 Å². The van der Waals surface area contributed by atoms with Crippen LogP contribution in [0, 0.1) is 0 Å². The first kappa shape index (κ1) is 13.9. The lowest BCUT2D eigenvalue weighted by Crippen LogP contribution is -2.11. The van der Waals surface area contributed by atoms with Gasteiger partial charge in [-0.15, -0.1) is 0 Å². The fourth-order valence-corrected chi connectivity index (χ4v) is 1.68. The molecule has 0 N–H and O–H groups in total. The molecule has 17 heavy (non-hydrogen) atoms. The molecule has 0 radical (unpaired) electrons. The van der Waals surface area contributed by atoms with Crippen LogP contribution in [-0.2, 0) is 29.4 Å². The summed E-state index contributed by atoms with van der Waals surface area (Å²) < 4.78 is 6.93. The molecule has 4 heteroatoms. The van der Waals surface area contributed by atoms with Crippen LogP contribution in [0.1, 0.15) is 38.1 Å². The number of nitrogens with zero attached hydrogens (tertiary/aromatic N) is 2. The Morgan fingerprint density at radius 2 is 2.29 bits per heavy atom. The summed E-state index contributed by atoms with van der Waals surface area (Å²) in [7, 11) is 3.56. The van der Waals surface area contributed by atoms with Crippen molar-refractivity contribution in [2.45, 2.75) is 45.6 Å². The molecule has 0 aliphatic heterocycles. The molecule has 0 aromatic carbocycles. The summed E-state index contributed by atoms with van der Waals surface area (Å²) in [6, 6.07) is 2.01. The van der Waals surface area contributed by atoms with Crippen LogP contribution in [0.4, 0.5) is 0 Å². The average molecular weight is 238 g/mol. The van der Waals surface area contributed by atoms with Crippen molar-refractivity contribution in [3.05, 3.63) is 17.5 Å². The van der Waals surface area contributed by atoms with Crippen molar-refractivity contribution < 1.29 is 9.53 Å². The minimum absolute atomic E-state index is 0.150. The molecule has 0 bridgehead atoms. The van der Waals surface area contributed by atoms with Crippen LogP contribution >= 0.6 is 0 Å². The van der Waals surface area contributed by atoms with Gasteiger partial charge >= 0.3 is 0 Å². The van der Waals surface area contributed by atoms with Gasteiger partial charge in [0.05, 0.1) is 11.8 Å². The zero-order valence-corrected chi connectivity index (χ0v) is 11.2. The Hall–Kier alpha value is -1.16. The molecule has 0 fully saturated rings. The number of aryl methyl sites for hydroxylation is 2. The van der Waals surface area contributed by atoms with E-state index in [0.717, 1.165) is 24.2 Å². The second-order valence-corrected chi connectivity index (χ2v) is 4.40. The topological polar surface area (TPSA) is 44.1 Å². The van der Waals surface area contributed by atoms with Crippen molar-refractivity contribution in [1.82, 2.24) is 9.78 Å². The van der Waals surface area contributed by atoms with E-state index in [0.29, 0.717) is 12.8 Å². The van der Waals surface area contributed by atoms with E-state index < -0.39 is 0 Å². The Labute approximate surface area is 103 Å². The van der Waals surface area contributed by atoms with Crippen LogP contribution in [-0.4, -0.2) is 28.8 Å². The van der Waals surface area contributed by atoms with E-state index in [1.165, 1.54) is 0 Å². The quantitative estimate of drug-likeness (QED) is 0.729. The third kappa shape index (κ3) is 4.30. The number of ketones is 1. The molecule has 0 saturated carbocycles. The molecule has 0 aliphatic rings. The minimum Gasteiger partial charge on any atom is -0.382 e. The molecular formula is C13H22N2O2. The number of aromatic nitrogens is 2.